The van der Waals surface area contributed by atoms with Crippen molar-refractivity contribution < 1.29 is 110 Å². The van der Waals surface area contributed by atoms with Crippen LogP contribution < -0.4 is 52.0 Å². The van der Waals surface area contributed by atoms with E-state index in [9.17, 15) is 101 Å². The zero-order valence-corrected chi connectivity index (χ0v) is 82.5. The summed E-state index contributed by atoms with van der Waals surface area (Å²) < 4.78 is 11.7. The second-order valence-electron chi connectivity index (χ2n) is 43.0. The van der Waals surface area contributed by atoms with Crippen molar-refractivity contribution in [1.29, 1.82) is 0 Å². The van der Waals surface area contributed by atoms with Crippen LogP contribution in [0.5, 0.6) is 11.5 Å². The monoisotopic (exact) mass is 1930 g/mol. The summed E-state index contributed by atoms with van der Waals surface area (Å²) >= 11 is 0. The van der Waals surface area contributed by atoms with Crippen LogP contribution in [0.1, 0.15) is 323 Å². The number of ether oxygens (including phenoxy) is 2. The van der Waals surface area contributed by atoms with E-state index < -0.39 is 107 Å². The minimum atomic E-state index is -0.974. The summed E-state index contributed by atoms with van der Waals surface area (Å²) in [7, 11) is 0. The lowest BCUT2D eigenvalue weighted by molar-refractivity contribution is -0.138. The number of carbonyl (C=O) groups is 21. The van der Waals surface area contributed by atoms with Gasteiger partial charge in [-0.25, -0.2) is 0 Å². The molecule has 37 heteroatoms. The number of nitrogens with zero attached hydrogens (tertiary/aromatic N) is 6. The molecule has 6 fully saturated rings. The number of amides is 21. The van der Waals surface area contributed by atoms with Gasteiger partial charge in [-0.05, 0) is 223 Å². The van der Waals surface area contributed by atoms with Crippen LogP contribution in [0.15, 0.2) is 109 Å². The van der Waals surface area contributed by atoms with E-state index in [0.29, 0.717) is 90.3 Å². The van der Waals surface area contributed by atoms with Gasteiger partial charge in [-0.2, -0.15) is 0 Å². The van der Waals surface area contributed by atoms with Gasteiger partial charge >= 0.3 is 0 Å². The molecule has 6 aromatic rings. The molecule has 6 unspecified atom stereocenters. The summed E-state index contributed by atoms with van der Waals surface area (Å²) in [6.07, 6.45) is 4.26. The molecule has 0 aliphatic carbocycles. The SMILES string of the molecule is CC(C)(C)Cc1cccc2c1C(=O)N(C1CCC(=O)NC1=O)C2=O.CC(C)(C)Cc1cccc2c1CN(C1CCC(=O)NC1=O)C2=O.CC(C)(C)Nc1cccc2c1C(=O)N(C1CCC(=O)NC1=O)C2=O.CC(C)(C)Nc1cccc2c1CN(C1CCC(=O)NC1=O)C2=O.CC(C)(C)Oc1cccc2c1C(=O)N(C1CCC(=O)NC1=O)C2=O.CC(C)(C)Oc1cccc2c1CN(C1CCC(=O)NC1=O)C2=O. The Hall–Kier alpha value is -14.8. The topological polar surface area (TPSA) is 493 Å². The van der Waals surface area contributed by atoms with E-state index in [1.807, 2.05) is 98.7 Å². The molecule has 0 bridgehead atoms. The Kier molecular flexibility index (Phi) is 29.5. The minimum absolute atomic E-state index is 0.0412. The molecule has 141 heavy (non-hydrogen) atoms. The predicted octanol–water partition coefficient (Wildman–Crippen LogP) is 9.56. The zero-order chi connectivity index (χ0) is 103. The average molecular weight is 1930 g/mol. The number of fused-ring (bicyclic) bond motifs is 6. The van der Waals surface area contributed by atoms with E-state index in [-0.39, 0.29) is 167 Å². The first-order valence-electron chi connectivity index (χ1n) is 47.1. The lowest BCUT2D eigenvalue weighted by Gasteiger charge is -2.29. The van der Waals surface area contributed by atoms with Crippen molar-refractivity contribution >= 4 is 135 Å². The highest BCUT2D eigenvalue weighted by molar-refractivity contribution is 6.27. The molecule has 21 amide bonds. The zero-order valence-electron chi connectivity index (χ0n) is 82.5. The Morgan fingerprint density at radius 1 is 0.270 bits per heavy atom. The number of nitrogens with one attached hydrogen (secondary N) is 8. The maximum Gasteiger partial charge on any atom is 0.266 e. The fourth-order valence-electron chi connectivity index (χ4n) is 18.7. The fraction of sp³-hybridized carbons (Fsp3) is 0.452. The van der Waals surface area contributed by atoms with Crippen molar-refractivity contribution in [3.05, 3.63) is 187 Å². The van der Waals surface area contributed by atoms with E-state index in [1.165, 1.54) is 11.0 Å². The molecule has 6 saturated heterocycles. The van der Waals surface area contributed by atoms with Crippen LogP contribution in [0.2, 0.25) is 0 Å². The molecular formula is C104H120N14O23. The number of carbonyl (C=O) groups excluding carboxylic acids is 21. The largest absolute Gasteiger partial charge is 0.488 e. The third kappa shape index (κ3) is 23.4. The number of hydrogen-bond acceptors (Lipinski definition) is 25. The van der Waals surface area contributed by atoms with Gasteiger partial charge in [-0.1, -0.05) is 90.1 Å². The molecule has 6 atom stereocenters. The lowest BCUT2D eigenvalue weighted by Crippen LogP contribution is -2.54. The molecule has 37 nitrogen and oxygen atoms in total. The van der Waals surface area contributed by atoms with Gasteiger partial charge in [0.15, 0.2) is 0 Å². The van der Waals surface area contributed by atoms with Gasteiger partial charge in [-0.15, -0.1) is 0 Å². The van der Waals surface area contributed by atoms with Crippen LogP contribution in [-0.2, 0) is 90.0 Å². The number of benzene rings is 6. The Morgan fingerprint density at radius 2 is 0.539 bits per heavy atom. The highest BCUT2D eigenvalue weighted by Gasteiger charge is 2.52. The van der Waals surface area contributed by atoms with Crippen molar-refractivity contribution in [2.24, 2.45) is 10.8 Å². The molecule has 0 spiro atoms. The summed E-state index contributed by atoms with van der Waals surface area (Å²) in [6.45, 7) is 37.2. The first-order chi connectivity index (χ1) is 65.8. The summed E-state index contributed by atoms with van der Waals surface area (Å²) in [5.41, 5.74) is 8.51. The van der Waals surface area contributed by atoms with Crippen LogP contribution in [-0.4, -0.2) is 212 Å². The summed E-state index contributed by atoms with van der Waals surface area (Å²) in [6, 6.07) is 27.2. The molecule has 18 rings (SSSR count). The van der Waals surface area contributed by atoms with Gasteiger partial charge in [0.05, 0.1) is 39.9 Å². The van der Waals surface area contributed by atoms with Gasteiger partial charge in [0.25, 0.3) is 53.2 Å². The van der Waals surface area contributed by atoms with E-state index in [1.54, 1.807) is 70.5 Å². The molecule has 0 radical (unpaired) electrons. The van der Waals surface area contributed by atoms with E-state index in [2.05, 4.69) is 111 Å². The van der Waals surface area contributed by atoms with Crippen LogP contribution in [0.3, 0.4) is 0 Å². The van der Waals surface area contributed by atoms with Gasteiger partial charge in [0.2, 0.25) is 70.9 Å². The number of rotatable bonds is 12. The van der Waals surface area contributed by atoms with Crippen LogP contribution in [0, 0.1) is 10.8 Å². The van der Waals surface area contributed by atoms with E-state index in [4.69, 9.17) is 9.47 Å². The van der Waals surface area contributed by atoms with Crippen molar-refractivity contribution in [3.63, 3.8) is 0 Å². The molecule has 0 saturated carbocycles. The Morgan fingerprint density at radius 3 is 0.908 bits per heavy atom. The predicted molar refractivity (Wildman–Crippen MR) is 511 cm³/mol. The summed E-state index contributed by atoms with van der Waals surface area (Å²) in [4.78, 5) is 262. The summed E-state index contributed by atoms with van der Waals surface area (Å²) in [5.74, 6) is -7.40. The second-order valence-corrected chi connectivity index (χ2v) is 43.0. The molecule has 744 valence electrons. The lowest BCUT2D eigenvalue weighted by atomic mass is 9.85. The van der Waals surface area contributed by atoms with E-state index in [0.717, 1.165) is 54.6 Å². The number of piperidine rings is 6. The maximum atomic E-state index is 12.9. The van der Waals surface area contributed by atoms with Crippen LogP contribution in [0.25, 0.3) is 0 Å². The highest BCUT2D eigenvalue weighted by Crippen LogP contribution is 2.42. The van der Waals surface area contributed by atoms with Gasteiger partial charge in [0.1, 0.15) is 59.0 Å². The Bertz CT molecular complexity index is 5700. The van der Waals surface area contributed by atoms with Crippen molar-refractivity contribution in [2.75, 3.05) is 10.6 Å². The molecular weight excluding hydrogens is 1810 g/mol. The number of anilines is 2. The molecule has 12 aliphatic rings. The first-order valence-corrected chi connectivity index (χ1v) is 47.1. The van der Waals surface area contributed by atoms with E-state index >= 15 is 0 Å². The van der Waals surface area contributed by atoms with Crippen LogP contribution >= 0.6 is 0 Å². The fourth-order valence-corrected chi connectivity index (χ4v) is 18.7. The van der Waals surface area contributed by atoms with Crippen molar-refractivity contribution in [3.8, 4) is 11.5 Å². The second kappa shape index (κ2) is 40.2. The molecule has 12 heterocycles. The van der Waals surface area contributed by atoms with Gasteiger partial charge in [0, 0.05) is 102 Å². The third-order valence-corrected chi connectivity index (χ3v) is 24.5. The Balaban J connectivity index is 0.000000142. The average Bonchev–Trinajstić information content (AvgIpc) is 1.60. The smallest absolute Gasteiger partial charge is 0.266 e. The molecule has 6 aromatic carbocycles. The van der Waals surface area contributed by atoms with Crippen molar-refractivity contribution in [2.45, 2.75) is 293 Å². The third-order valence-electron chi connectivity index (χ3n) is 24.5. The molecule has 0 aromatic heterocycles. The number of hydrogen-bond donors (Lipinski definition) is 8. The minimum Gasteiger partial charge on any atom is -0.488 e. The standard InChI is InChI=1S/C18H20N2O4.C18H22N2O3.C17H19N3O4.C17H21N3O3.C17H18N2O5.C17H20N2O4/c1-18(2,3)9-10-5-4-6-11-14(10)17(24)20(16(11)23)12-7-8-13(21)19-15(12)22;1-18(2,3)9-11-5-4-6-12-13(11)10-20(17(12)23)14-7-8-15(21)19-16(14)22;1-17(2,3)19-10-6-4-5-9-13(10)16(24)20(15(9)23)11-7-8-12(21)18-14(11)22;1-17(2,3)19-12-6-4-5-10-11(12)9-20(16(10)23)13-7-8-14(21)18-15(13)22;1-17(2,3)24-11-6-4-5-9-13(11)16(23)19(15(9)22)10-7-8-12(20)18-14(10)21;1-17(2,3)23-13-6-4-5-10-11(13)9-19(16(10)22)12-7-8-14(20)18-15(12)21/h4-6,12H,7-9H2,1-3H3,(H,19,21,22);4-6,14H,7-10H2,1-3H3,(H,19,21,22);4-6,11,19H,7-8H2,1-3H3,(H,18,21,22);4-6,13,19H,7-9H2,1-3H3,(H,18,21,22);4-6,10H,7-8H2,1-3H3,(H,18,20,21);4-6,12H,7-9H2,1-3H3,(H,18,20,21). The van der Waals surface area contributed by atoms with Crippen LogP contribution in [0.4, 0.5) is 11.4 Å². The first kappa shape index (κ1) is 104. The molecule has 12 aliphatic heterocycles. The van der Waals surface area contributed by atoms with Gasteiger partial charge < -0.3 is 34.8 Å². The van der Waals surface area contributed by atoms with Crippen molar-refractivity contribution in [1.82, 2.24) is 61.3 Å². The number of imide groups is 9. The van der Waals surface area contributed by atoms with Gasteiger partial charge in [-0.3, -0.25) is 147 Å². The summed E-state index contributed by atoms with van der Waals surface area (Å²) in [5, 5.41) is 20.1. The quantitative estimate of drug-likeness (QED) is 0.0528. The molecule has 8 N–H and O–H groups in total. The Labute approximate surface area is 815 Å². The normalized spacial score (nSPS) is 21.2. The maximum absolute atomic E-state index is 12.9. The highest BCUT2D eigenvalue weighted by atomic mass is 16.5.